The molecule has 0 aromatic heterocycles. The molecule has 1 aromatic carbocycles. The van der Waals surface area contributed by atoms with Gasteiger partial charge in [-0.3, -0.25) is 0 Å². The SMILES string of the molecule is c1ccc(C2CCC3(CC2)SCCCS3)cc1. The van der Waals surface area contributed by atoms with Crippen molar-refractivity contribution in [3.63, 3.8) is 0 Å². The summed E-state index contributed by atoms with van der Waals surface area (Å²) in [5.41, 5.74) is 1.56. The quantitative estimate of drug-likeness (QED) is 0.707. The molecule has 1 saturated heterocycles. The van der Waals surface area contributed by atoms with Gasteiger partial charge in [0.2, 0.25) is 0 Å². The lowest BCUT2D eigenvalue weighted by atomic mass is 9.83. The molecule has 2 heteroatoms. The molecule has 92 valence electrons. The monoisotopic (exact) mass is 264 g/mol. The molecule has 1 heterocycles. The third kappa shape index (κ3) is 2.68. The molecule has 3 rings (SSSR count). The molecular formula is C15H20S2. The lowest BCUT2D eigenvalue weighted by Gasteiger charge is -2.41. The highest BCUT2D eigenvalue weighted by molar-refractivity contribution is 8.18. The third-order valence-corrected chi connectivity index (χ3v) is 7.60. The predicted octanol–water partition coefficient (Wildman–Crippen LogP) is 4.91. The average molecular weight is 264 g/mol. The van der Waals surface area contributed by atoms with Gasteiger partial charge in [0.1, 0.15) is 0 Å². The molecule has 0 atom stereocenters. The van der Waals surface area contributed by atoms with Crippen molar-refractivity contribution in [3.8, 4) is 0 Å². The first-order valence-electron chi connectivity index (χ1n) is 6.71. The number of rotatable bonds is 1. The topological polar surface area (TPSA) is 0 Å². The van der Waals surface area contributed by atoms with E-state index in [2.05, 4.69) is 53.9 Å². The van der Waals surface area contributed by atoms with E-state index in [1.165, 1.54) is 43.6 Å². The van der Waals surface area contributed by atoms with Crippen molar-refractivity contribution in [1.29, 1.82) is 0 Å². The fourth-order valence-electron chi connectivity index (χ4n) is 3.02. The van der Waals surface area contributed by atoms with E-state index < -0.39 is 0 Å². The minimum Gasteiger partial charge on any atom is -0.144 e. The van der Waals surface area contributed by atoms with E-state index in [0.717, 1.165) is 5.92 Å². The van der Waals surface area contributed by atoms with Gasteiger partial charge in [-0.25, -0.2) is 0 Å². The maximum Gasteiger partial charge on any atom is 0.0611 e. The van der Waals surface area contributed by atoms with E-state index in [9.17, 15) is 0 Å². The maximum atomic E-state index is 2.31. The largest absolute Gasteiger partial charge is 0.144 e. The molecule has 0 N–H and O–H groups in total. The zero-order chi connectivity index (χ0) is 11.6. The van der Waals surface area contributed by atoms with Crippen LogP contribution in [-0.4, -0.2) is 15.6 Å². The van der Waals surface area contributed by atoms with Crippen LogP contribution in [0.2, 0.25) is 0 Å². The molecule has 0 unspecified atom stereocenters. The Kier molecular flexibility index (Phi) is 3.72. The average Bonchev–Trinajstić information content (AvgIpc) is 2.42. The van der Waals surface area contributed by atoms with Crippen molar-refractivity contribution in [2.24, 2.45) is 0 Å². The van der Waals surface area contributed by atoms with Gasteiger partial charge in [0.25, 0.3) is 0 Å². The Morgan fingerprint density at radius 1 is 0.941 bits per heavy atom. The molecule has 1 spiro atoms. The first kappa shape index (κ1) is 12.0. The summed E-state index contributed by atoms with van der Waals surface area (Å²) in [5.74, 6) is 3.61. The van der Waals surface area contributed by atoms with Crippen molar-refractivity contribution >= 4 is 23.5 Å². The minimum absolute atomic E-state index is 0.601. The highest BCUT2D eigenvalue weighted by Crippen LogP contribution is 2.53. The van der Waals surface area contributed by atoms with E-state index >= 15 is 0 Å². The van der Waals surface area contributed by atoms with Crippen molar-refractivity contribution in [2.45, 2.75) is 42.1 Å². The summed E-state index contributed by atoms with van der Waals surface area (Å²) in [6.07, 6.45) is 7.04. The molecule has 1 saturated carbocycles. The summed E-state index contributed by atoms with van der Waals surface area (Å²) in [6, 6.07) is 11.1. The molecule has 1 aromatic rings. The lowest BCUT2D eigenvalue weighted by molar-refractivity contribution is 0.432. The van der Waals surface area contributed by atoms with Crippen LogP contribution in [-0.2, 0) is 0 Å². The maximum absolute atomic E-state index is 2.31. The van der Waals surface area contributed by atoms with Gasteiger partial charge in [0.05, 0.1) is 4.08 Å². The summed E-state index contributed by atoms with van der Waals surface area (Å²) in [5, 5.41) is 0. The molecule has 2 aliphatic rings. The molecule has 2 fully saturated rings. The highest BCUT2D eigenvalue weighted by atomic mass is 32.2. The van der Waals surface area contributed by atoms with Crippen molar-refractivity contribution in [2.75, 3.05) is 11.5 Å². The smallest absolute Gasteiger partial charge is 0.0611 e. The fourth-order valence-corrected chi connectivity index (χ4v) is 6.41. The van der Waals surface area contributed by atoms with Gasteiger partial charge >= 0.3 is 0 Å². The second-order valence-corrected chi connectivity index (χ2v) is 8.36. The van der Waals surface area contributed by atoms with Crippen LogP contribution in [0.25, 0.3) is 0 Å². The van der Waals surface area contributed by atoms with Crippen LogP contribution < -0.4 is 0 Å². The minimum atomic E-state index is 0.601. The Labute approximate surface area is 113 Å². The van der Waals surface area contributed by atoms with Crippen LogP contribution >= 0.6 is 23.5 Å². The van der Waals surface area contributed by atoms with Crippen LogP contribution in [0.3, 0.4) is 0 Å². The Morgan fingerprint density at radius 2 is 1.59 bits per heavy atom. The van der Waals surface area contributed by atoms with Gasteiger partial charge < -0.3 is 0 Å². The van der Waals surface area contributed by atoms with Crippen LogP contribution in [0.1, 0.15) is 43.6 Å². The van der Waals surface area contributed by atoms with E-state index in [1.54, 1.807) is 5.56 Å². The van der Waals surface area contributed by atoms with Gasteiger partial charge in [-0.1, -0.05) is 30.3 Å². The Hall–Kier alpha value is -0.0800. The zero-order valence-electron chi connectivity index (χ0n) is 10.2. The Balaban J connectivity index is 1.64. The summed E-state index contributed by atoms with van der Waals surface area (Å²) in [6.45, 7) is 0. The summed E-state index contributed by atoms with van der Waals surface area (Å²) >= 11 is 4.49. The molecule has 1 aliphatic heterocycles. The number of hydrogen-bond donors (Lipinski definition) is 0. The van der Waals surface area contributed by atoms with Crippen LogP contribution in [0.5, 0.6) is 0 Å². The zero-order valence-corrected chi connectivity index (χ0v) is 11.9. The van der Waals surface area contributed by atoms with Gasteiger partial charge in [-0.05, 0) is 55.1 Å². The van der Waals surface area contributed by atoms with Crippen LogP contribution in [0, 0.1) is 0 Å². The summed E-state index contributed by atoms with van der Waals surface area (Å²) in [4.78, 5) is 0. The van der Waals surface area contributed by atoms with E-state index in [-0.39, 0.29) is 0 Å². The fraction of sp³-hybridized carbons (Fsp3) is 0.600. The van der Waals surface area contributed by atoms with E-state index in [1.807, 2.05) is 0 Å². The second kappa shape index (κ2) is 5.27. The molecule has 0 radical (unpaired) electrons. The molecule has 1 aliphatic carbocycles. The van der Waals surface area contributed by atoms with E-state index in [0.29, 0.717) is 4.08 Å². The third-order valence-electron chi connectivity index (χ3n) is 4.04. The van der Waals surface area contributed by atoms with E-state index in [4.69, 9.17) is 0 Å². The van der Waals surface area contributed by atoms with Crippen molar-refractivity contribution in [3.05, 3.63) is 35.9 Å². The molecule has 17 heavy (non-hydrogen) atoms. The predicted molar refractivity (Wildman–Crippen MR) is 79.9 cm³/mol. The normalized spacial score (nSPS) is 24.9. The van der Waals surface area contributed by atoms with Gasteiger partial charge in [-0.2, -0.15) is 0 Å². The first-order valence-corrected chi connectivity index (χ1v) is 8.68. The van der Waals surface area contributed by atoms with Gasteiger partial charge in [-0.15, -0.1) is 23.5 Å². The Bertz CT molecular complexity index is 344. The van der Waals surface area contributed by atoms with Gasteiger partial charge in [0, 0.05) is 0 Å². The first-order chi connectivity index (χ1) is 8.38. The van der Waals surface area contributed by atoms with Crippen LogP contribution in [0.15, 0.2) is 30.3 Å². The molecule has 0 amide bonds. The molecule has 0 nitrogen and oxygen atoms in total. The lowest BCUT2D eigenvalue weighted by Crippen LogP contribution is -2.30. The molecule has 0 bridgehead atoms. The highest BCUT2D eigenvalue weighted by Gasteiger charge is 2.37. The van der Waals surface area contributed by atoms with Crippen LogP contribution in [0.4, 0.5) is 0 Å². The number of benzene rings is 1. The Morgan fingerprint density at radius 3 is 2.24 bits per heavy atom. The molecular weight excluding hydrogens is 244 g/mol. The van der Waals surface area contributed by atoms with Crippen molar-refractivity contribution < 1.29 is 0 Å². The number of thioether (sulfide) groups is 2. The van der Waals surface area contributed by atoms with Gasteiger partial charge in [0.15, 0.2) is 0 Å². The second-order valence-electron chi connectivity index (χ2n) is 5.15. The van der Waals surface area contributed by atoms with Crippen molar-refractivity contribution in [1.82, 2.24) is 0 Å². The standard InChI is InChI=1S/C15H20S2/c1-2-5-13(6-3-1)14-7-9-15(10-8-14)16-11-4-12-17-15/h1-3,5-6,14H,4,7-12H2. The summed E-state index contributed by atoms with van der Waals surface area (Å²) < 4.78 is 0.601. The number of hydrogen-bond acceptors (Lipinski definition) is 2. The summed E-state index contributed by atoms with van der Waals surface area (Å²) in [7, 11) is 0.